The van der Waals surface area contributed by atoms with Crippen molar-refractivity contribution in [3.8, 4) is 0 Å². The number of aromatic nitrogens is 1. The molecule has 1 aromatic carbocycles. The summed E-state index contributed by atoms with van der Waals surface area (Å²) in [6.07, 6.45) is 1.30. The maximum atomic E-state index is 12.5. The number of hydrogen-bond acceptors (Lipinski definition) is 3. The van der Waals surface area contributed by atoms with Gasteiger partial charge in [-0.3, -0.25) is 4.79 Å². The molecule has 0 saturated carbocycles. The van der Waals surface area contributed by atoms with Gasteiger partial charge in [-0.2, -0.15) is 0 Å². The number of carboxylic acids is 1. The summed E-state index contributed by atoms with van der Waals surface area (Å²) in [5.74, 6) is -1.09. The molecule has 1 N–H and O–H groups in total. The molecule has 1 atom stereocenters. The van der Waals surface area contributed by atoms with Gasteiger partial charge in [0.2, 0.25) is 5.91 Å². The van der Waals surface area contributed by atoms with Gasteiger partial charge in [-0.05, 0) is 11.6 Å². The van der Waals surface area contributed by atoms with Crippen LogP contribution in [0.5, 0.6) is 0 Å². The van der Waals surface area contributed by atoms with E-state index in [2.05, 4.69) is 0 Å². The summed E-state index contributed by atoms with van der Waals surface area (Å²) in [4.78, 5) is 25.0. The molecule has 1 amide bonds. The Morgan fingerprint density at radius 1 is 1.36 bits per heavy atom. The first kappa shape index (κ1) is 14.6. The van der Waals surface area contributed by atoms with Crippen LogP contribution in [0, 0.1) is 0 Å². The molecular formula is C16H18N2O4. The second-order valence-electron chi connectivity index (χ2n) is 5.50. The number of carbonyl (C=O) groups excluding carboxylic acids is 1. The molecule has 1 fully saturated rings. The number of aliphatic carboxylic acids is 1. The predicted octanol–water partition coefficient (Wildman–Crippen LogP) is 1.03. The number of fused-ring (bicyclic) bond motifs is 1. The number of aryl methyl sites for hydroxylation is 1. The first-order valence-electron chi connectivity index (χ1n) is 7.21. The third-order valence-electron chi connectivity index (χ3n) is 4.02. The summed E-state index contributed by atoms with van der Waals surface area (Å²) in [6, 6.07) is 7.93. The van der Waals surface area contributed by atoms with Gasteiger partial charge in [-0.25, -0.2) is 4.79 Å². The van der Waals surface area contributed by atoms with E-state index in [1.165, 1.54) is 0 Å². The number of carboxylic acid groups (broad SMARTS) is 1. The van der Waals surface area contributed by atoms with Gasteiger partial charge in [0.05, 0.1) is 19.6 Å². The quantitative estimate of drug-likeness (QED) is 0.919. The SMILES string of the molecule is Cn1cc(CC(=O)N2CCOC(C(=O)O)C2)c2ccccc21. The molecule has 22 heavy (non-hydrogen) atoms. The molecule has 2 heterocycles. The van der Waals surface area contributed by atoms with Gasteiger partial charge in [0.15, 0.2) is 6.10 Å². The number of benzene rings is 1. The largest absolute Gasteiger partial charge is 0.479 e. The molecule has 1 saturated heterocycles. The maximum absolute atomic E-state index is 12.5. The fraction of sp³-hybridized carbons (Fsp3) is 0.375. The standard InChI is InChI=1S/C16H18N2O4/c1-17-9-11(12-4-2-3-5-13(12)17)8-15(19)18-6-7-22-14(10-18)16(20)21/h2-5,9,14H,6-8,10H2,1H3,(H,20,21). The molecule has 0 spiro atoms. The Morgan fingerprint density at radius 2 is 2.14 bits per heavy atom. The molecule has 1 aromatic heterocycles. The zero-order valence-corrected chi connectivity index (χ0v) is 12.4. The molecule has 0 radical (unpaired) electrons. The Balaban J connectivity index is 1.77. The van der Waals surface area contributed by atoms with Crippen LogP contribution in [-0.4, -0.2) is 52.3 Å². The molecule has 6 heteroatoms. The second-order valence-corrected chi connectivity index (χ2v) is 5.50. The lowest BCUT2D eigenvalue weighted by Crippen LogP contribution is -2.49. The lowest BCUT2D eigenvalue weighted by atomic mass is 10.1. The fourth-order valence-electron chi connectivity index (χ4n) is 2.87. The Labute approximate surface area is 127 Å². The van der Waals surface area contributed by atoms with Crippen LogP contribution in [-0.2, 0) is 27.8 Å². The van der Waals surface area contributed by atoms with Crippen molar-refractivity contribution in [2.24, 2.45) is 7.05 Å². The molecule has 2 aromatic rings. The normalized spacial score (nSPS) is 18.6. The van der Waals surface area contributed by atoms with Gasteiger partial charge in [0.25, 0.3) is 0 Å². The topological polar surface area (TPSA) is 71.8 Å². The average molecular weight is 302 g/mol. The number of nitrogens with zero attached hydrogens (tertiary/aromatic N) is 2. The molecule has 3 rings (SSSR count). The predicted molar refractivity (Wildman–Crippen MR) is 80.6 cm³/mol. The smallest absolute Gasteiger partial charge is 0.334 e. The summed E-state index contributed by atoms with van der Waals surface area (Å²) >= 11 is 0. The molecular weight excluding hydrogens is 284 g/mol. The summed E-state index contributed by atoms with van der Waals surface area (Å²) in [5.41, 5.74) is 2.04. The van der Waals surface area contributed by atoms with Crippen LogP contribution in [0.25, 0.3) is 10.9 Å². The van der Waals surface area contributed by atoms with E-state index in [-0.39, 0.29) is 25.5 Å². The molecule has 6 nitrogen and oxygen atoms in total. The van der Waals surface area contributed by atoms with Crippen molar-refractivity contribution >= 4 is 22.8 Å². The minimum absolute atomic E-state index is 0.0640. The minimum Gasteiger partial charge on any atom is -0.479 e. The number of amides is 1. The van der Waals surface area contributed by atoms with Gasteiger partial charge >= 0.3 is 5.97 Å². The number of carbonyl (C=O) groups is 2. The van der Waals surface area contributed by atoms with E-state index >= 15 is 0 Å². The van der Waals surface area contributed by atoms with Crippen LogP contribution in [0.1, 0.15) is 5.56 Å². The Kier molecular flexibility index (Phi) is 3.85. The highest BCUT2D eigenvalue weighted by Crippen LogP contribution is 2.21. The molecule has 1 aliphatic heterocycles. The molecule has 0 aliphatic carbocycles. The van der Waals surface area contributed by atoms with Gasteiger partial charge < -0.3 is 19.3 Å². The van der Waals surface area contributed by atoms with Crippen molar-refractivity contribution in [1.29, 1.82) is 0 Å². The fourth-order valence-corrected chi connectivity index (χ4v) is 2.87. The molecule has 1 unspecified atom stereocenters. The van der Waals surface area contributed by atoms with E-state index in [0.29, 0.717) is 6.54 Å². The lowest BCUT2D eigenvalue weighted by molar-refractivity contribution is -0.159. The van der Waals surface area contributed by atoms with Crippen LogP contribution in [0.4, 0.5) is 0 Å². The van der Waals surface area contributed by atoms with E-state index in [4.69, 9.17) is 9.84 Å². The summed E-state index contributed by atoms with van der Waals surface area (Å²) in [7, 11) is 1.95. The van der Waals surface area contributed by atoms with Crippen molar-refractivity contribution < 1.29 is 19.4 Å². The summed E-state index contributed by atoms with van der Waals surface area (Å²) in [6.45, 7) is 0.810. The minimum atomic E-state index is -1.03. The molecule has 0 bridgehead atoms. The van der Waals surface area contributed by atoms with Crippen LogP contribution in [0.2, 0.25) is 0 Å². The zero-order valence-electron chi connectivity index (χ0n) is 12.4. The van der Waals surface area contributed by atoms with Crippen molar-refractivity contribution in [3.63, 3.8) is 0 Å². The van der Waals surface area contributed by atoms with Crippen molar-refractivity contribution in [3.05, 3.63) is 36.0 Å². The third kappa shape index (κ3) is 2.69. The first-order valence-corrected chi connectivity index (χ1v) is 7.21. The second kappa shape index (κ2) is 5.81. The van der Waals surface area contributed by atoms with Gasteiger partial charge in [0.1, 0.15) is 0 Å². The number of rotatable bonds is 3. The number of hydrogen-bond donors (Lipinski definition) is 1. The highest BCUT2D eigenvalue weighted by molar-refractivity contribution is 5.89. The van der Waals surface area contributed by atoms with Gasteiger partial charge in [-0.1, -0.05) is 18.2 Å². The van der Waals surface area contributed by atoms with Gasteiger partial charge in [0, 0.05) is 30.7 Å². The van der Waals surface area contributed by atoms with Crippen LogP contribution in [0.15, 0.2) is 30.5 Å². The Bertz CT molecular complexity index is 722. The summed E-state index contributed by atoms with van der Waals surface area (Å²) < 4.78 is 7.14. The van der Waals surface area contributed by atoms with Gasteiger partial charge in [-0.15, -0.1) is 0 Å². The van der Waals surface area contributed by atoms with Crippen LogP contribution >= 0.6 is 0 Å². The number of para-hydroxylation sites is 1. The molecule has 116 valence electrons. The first-order chi connectivity index (χ1) is 10.6. The van der Waals surface area contributed by atoms with E-state index in [1.807, 2.05) is 42.1 Å². The maximum Gasteiger partial charge on any atom is 0.334 e. The molecule has 1 aliphatic rings. The van der Waals surface area contributed by atoms with Crippen molar-refractivity contribution in [2.45, 2.75) is 12.5 Å². The lowest BCUT2D eigenvalue weighted by Gasteiger charge is -2.30. The Hall–Kier alpha value is -2.34. The van der Waals surface area contributed by atoms with E-state index in [9.17, 15) is 9.59 Å². The van der Waals surface area contributed by atoms with E-state index < -0.39 is 12.1 Å². The average Bonchev–Trinajstić information content (AvgIpc) is 2.84. The highest BCUT2D eigenvalue weighted by atomic mass is 16.5. The summed E-state index contributed by atoms with van der Waals surface area (Å²) in [5, 5.41) is 10.1. The van der Waals surface area contributed by atoms with E-state index in [1.54, 1.807) is 4.90 Å². The Morgan fingerprint density at radius 3 is 2.91 bits per heavy atom. The van der Waals surface area contributed by atoms with Crippen LogP contribution < -0.4 is 0 Å². The van der Waals surface area contributed by atoms with Crippen molar-refractivity contribution in [1.82, 2.24) is 9.47 Å². The number of ether oxygens (including phenoxy) is 1. The highest BCUT2D eigenvalue weighted by Gasteiger charge is 2.29. The number of morpholine rings is 1. The van der Waals surface area contributed by atoms with Crippen LogP contribution in [0.3, 0.4) is 0 Å². The van der Waals surface area contributed by atoms with E-state index in [0.717, 1.165) is 16.5 Å². The van der Waals surface area contributed by atoms with Crippen molar-refractivity contribution in [2.75, 3.05) is 19.7 Å². The zero-order chi connectivity index (χ0) is 15.7. The third-order valence-corrected chi connectivity index (χ3v) is 4.02. The monoisotopic (exact) mass is 302 g/mol.